The zero-order valence-corrected chi connectivity index (χ0v) is 24.2. The van der Waals surface area contributed by atoms with Crippen molar-refractivity contribution in [3.8, 4) is 0 Å². The fraction of sp³-hybridized carbons (Fsp3) is 0.379. The maximum atomic E-state index is 13.6. The van der Waals surface area contributed by atoms with E-state index < -0.39 is 36.3 Å². The molecule has 2 heterocycles. The molecule has 3 atom stereocenters. The molecule has 226 valence electrons. The summed E-state index contributed by atoms with van der Waals surface area (Å²) in [6, 6.07) is 12.5. The Labute approximate surface area is 248 Å². The van der Waals surface area contributed by atoms with Crippen LogP contribution in [0.1, 0.15) is 44.1 Å². The van der Waals surface area contributed by atoms with Gasteiger partial charge in [-0.3, -0.25) is 28.9 Å². The molecule has 0 saturated heterocycles. The predicted molar refractivity (Wildman–Crippen MR) is 156 cm³/mol. The summed E-state index contributed by atoms with van der Waals surface area (Å²) in [7, 11) is 0. The second-order valence-electron chi connectivity index (χ2n) is 10.4. The normalized spacial score (nSPS) is 15.1. The summed E-state index contributed by atoms with van der Waals surface area (Å²) in [4.78, 5) is 65.9. The molecule has 3 aromatic rings. The number of H-pyrrole nitrogens is 1. The summed E-state index contributed by atoms with van der Waals surface area (Å²) < 4.78 is 0. The molecule has 0 aliphatic carbocycles. The number of hydrogen-bond donors (Lipinski definition) is 5. The van der Waals surface area contributed by atoms with Crippen molar-refractivity contribution in [1.82, 2.24) is 36.6 Å². The number of carbonyl (C=O) groups excluding carboxylic acids is 5. The van der Waals surface area contributed by atoms with Crippen LogP contribution >= 0.6 is 0 Å². The lowest BCUT2D eigenvalue weighted by Crippen LogP contribution is -2.54. The van der Waals surface area contributed by atoms with Crippen LogP contribution in [0.3, 0.4) is 0 Å². The van der Waals surface area contributed by atoms with Gasteiger partial charge in [0, 0.05) is 24.7 Å². The van der Waals surface area contributed by atoms with Crippen LogP contribution in [-0.4, -0.2) is 68.8 Å². The van der Waals surface area contributed by atoms with Crippen LogP contribution in [0.5, 0.6) is 0 Å². The highest BCUT2D eigenvalue weighted by Gasteiger charge is 2.39. The third kappa shape index (κ3) is 7.99. The Morgan fingerprint density at radius 3 is 2.51 bits per heavy atom. The Morgan fingerprint density at radius 2 is 1.84 bits per heavy atom. The van der Waals surface area contributed by atoms with E-state index in [4.69, 9.17) is 0 Å². The Bertz CT molecular complexity index is 1460. The van der Waals surface area contributed by atoms with E-state index >= 15 is 0 Å². The Balaban J connectivity index is 1.48. The molecule has 0 spiro atoms. The first-order valence-corrected chi connectivity index (χ1v) is 14.0. The summed E-state index contributed by atoms with van der Waals surface area (Å²) in [5.74, 6) is -2.02. The fourth-order valence-corrected chi connectivity index (χ4v) is 4.83. The highest BCUT2D eigenvalue weighted by atomic mass is 16.2. The smallest absolute Gasteiger partial charge is 0.247 e. The van der Waals surface area contributed by atoms with E-state index in [1.54, 1.807) is 18.2 Å². The number of aromatic amines is 1. The van der Waals surface area contributed by atoms with Crippen LogP contribution in [0.4, 0.5) is 11.4 Å². The van der Waals surface area contributed by atoms with Gasteiger partial charge in [0.2, 0.25) is 29.5 Å². The zero-order valence-electron chi connectivity index (χ0n) is 24.2. The molecule has 1 aliphatic heterocycles. The largest absolute Gasteiger partial charge is 0.347 e. The first-order valence-electron chi connectivity index (χ1n) is 14.0. The highest BCUT2D eigenvalue weighted by molar-refractivity contribution is 6.06. The molecule has 43 heavy (non-hydrogen) atoms. The minimum Gasteiger partial charge on any atom is -0.347 e. The quantitative estimate of drug-likeness (QED) is 0.203. The number of nitrogens with zero attached hydrogens (tertiary/aromatic N) is 4. The third-order valence-corrected chi connectivity index (χ3v) is 7.20. The van der Waals surface area contributed by atoms with Crippen molar-refractivity contribution in [3.05, 3.63) is 65.5 Å². The monoisotopic (exact) mass is 589 g/mol. The van der Waals surface area contributed by atoms with Crippen LogP contribution in [0.15, 0.2) is 48.5 Å². The lowest BCUT2D eigenvalue weighted by Gasteiger charge is -2.27. The minimum absolute atomic E-state index is 0.00263. The van der Waals surface area contributed by atoms with E-state index in [0.717, 1.165) is 11.1 Å². The summed E-state index contributed by atoms with van der Waals surface area (Å²) in [5, 5.41) is 24.3. The SMILES string of the molecule is CCC(C)C(NC(=O)Cc1ccccc1)C(=O)NCC(=O)N1c2cc(NC(C)=O)ccc2C[C@H]1C(=O)NCc1nn[nH]n1. The summed E-state index contributed by atoms with van der Waals surface area (Å²) in [6.07, 6.45) is 0.950. The van der Waals surface area contributed by atoms with Crippen molar-refractivity contribution in [2.24, 2.45) is 5.92 Å². The van der Waals surface area contributed by atoms with E-state index in [9.17, 15) is 24.0 Å². The maximum Gasteiger partial charge on any atom is 0.247 e. The zero-order chi connectivity index (χ0) is 30.9. The fourth-order valence-electron chi connectivity index (χ4n) is 4.83. The summed E-state index contributed by atoms with van der Waals surface area (Å²) in [5.41, 5.74) is 2.44. The van der Waals surface area contributed by atoms with Gasteiger partial charge in [-0.15, -0.1) is 10.2 Å². The van der Waals surface area contributed by atoms with Crippen LogP contribution in [0.2, 0.25) is 0 Å². The van der Waals surface area contributed by atoms with Gasteiger partial charge in [0.25, 0.3) is 0 Å². The predicted octanol–water partition coefficient (Wildman–Crippen LogP) is 0.622. The van der Waals surface area contributed by atoms with Crippen LogP contribution < -0.4 is 26.2 Å². The van der Waals surface area contributed by atoms with Gasteiger partial charge < -0.3 is 21.3 Å². The van der Waals surface area contributed by atoms with Gasteiger partial charge in [0.05, 0.1) is 19.5 Å². The van der Waals surface area contributed by atoms with Gasteiger partial charge in [0.1, 0.15) is 12.1 Å². The number of fused-ring (bicyclic) bond motifs is 1. The number of anilines is 2. The number of hydrogen-bond acceptors (Lipinski definition) is 8. The van der Waals surface area contributed by atoms with Crippen LogP contribution in [0.25, 0.3) is 0 Å². The second-order valence-corrected chi connectivity index (χ2v) is 10.4. The van der Waals surface area contributed by atoms with Crippen molar-refractivity contribution in [2.75, 3.05) is 16.8 Å². The maximum absolute atomic E-state index is 13.6. The molecule has 2 aromatic carbocycles. The molecule has 5 N–H and O–H groups in total. The van der Waals surface area contributed by atoms with Gasteiger partial charge in [-0.05, 0) is 29.2 Å². The molecule has 0 bridgehead atoms. The van der Waals surface area contributed by atoms with Crippen molar-refractivity contribution in [1.29, 1.82) is 0 Å². The minimum atomic E-state index is -0.921. The van der Waals surface area contributed by atoms with Crippen molar-refractivity contribution in [3.63, 3.8) is 0 Å². The van der Waals surface area contributed by atoms with Crippen molar-refractivity contribution in [2.45, 2.75) is 58.7 Å². The number of amides is 5. The van der Waals surface area contributed by atoms with Gasteiger partial charge in [-0.1, -0.05) is 61.9 Å². The van der Waals surface area contributed by atoms with Crippen molar-refractivity contribution < 1.29 is 24.0 Å². The number of aromatic nitrogens is 4. The Kier molecular flexibility index (Phi) is 10.1. The first kappa shape index (κ1) is 30.8. The van der Waals surface area contributed by atoms with Crippen LogP contribution in [-0.2, 0) is 43.4 Å². The molecular weight excluding hydrogens is 554 g/mol. The average Bonchev–Trinajstić information content (AvgIpc) is 3.65. The number of rotatable bonds is 12. The Morgan fingerprint density at radius 1 is 1.07 bits per heavy atom. The molecule has 5 amide bonds. The van der Waals surface area contributed by atoms with E-state index in [0.29, 0.717) is 17.8 Å². The number of tetrazole rings is 1. The molecule has 0 fully saturated rings. The van der Waals surface area contributed by atoms with Gasteiger partial charge >= 0.3 is 0 Å². The molecule has 1 aromatic heterocycles. The average molecular weight is 590 g/mol. The molecule has 14 nitrogen and oxygen atoms in total. The summed E-state index contributed by atoms with van der Waals surface area (Å²) in [6.45, 7) is 4.70. The van der Waals surface area contributed by atoms with E-state index in [-0.39, 0.29) is 42.9 Å². The highest BCUT2D eigenvalue weighted by Crippen LogP contribution is 2.35. The lowest BCUT2D eigenvalue weighted by molar-refractivity contribution is -0.131. The molecule has 14 heteroatoms. The molecule has 0 radical (unpaired) electrons. The molecule has 2 unspecified atom stereocenters. The Hall–Kier alpha value is -5.14. The van der Waals surface area contributed by atoms with E-state index in [1.807, 2.05) is 44.2 Å². The van der Waals surface area contributed by atoms with Gasteiger partial charge in [-0.25, -0.2) is 0 Å². The summed E-state index contributed by atoms with van der Waals surface area (Å²) >= 11 is 0. The molecular formula is C29H35N9O5. The third-order valence-electron chi connectivity index (χ3n) is 7.20. The van der Waals surface area contributed by atoms with E-state index in [1.165, 1.54) is 11.8 Å². The first-order chi connectivity index (χ1) is 20.7. The number of nitrogens with one attached hydrogen (secondary N) is 5. The standard InChI is InChI=1S/C29H35N9O5/c1-4-17(2)27(33-25(40)12-19-8-6-5-7-9-19)29(43)31-16-26(41)38-22-14-21(32-18(3)39)11-10-20(22)13-23(38)28(42)30-15-24-34-36-37-35-24/h5-11,14,17,23,27H,4,12-13,15-16H2,1-3H3,(H,30,42)(H,31,43)(H,32,39)(H,33,40)(H,34,35,36,37)/t17?,23-,27?/m0/s1. The lowest BCUT2D eigenvalue weighted by atomic mass is 9.98. The molecule has 4 rings (SSSR count). The van der Waals surface area contributed by atoms with Crippen molar-refractivity contribution >= 4 is 40.9 Å². The topological polar surface area (TPSA) is 191 Å². The number of carbonyl (C=O) groups is 5. The number of benzene rings is 2. The van der Waals surface area contributed by atoms with Gasteiger partial charge in [0.15, 0.2) is 5.82 Å². The van der Waals surface area contributed by atoms with Crippen LogP contribution in [0, 0.1) is 5.92 Å². The van der Waals surface area contributed by atoms with Gasteiger partial charge in [-0.2, -0.15) is 5.21 Å². The molecule has 1 aliphatic rings. The molecule has 0 saturated carbocycles. The second kappa shape index (κ2) is 14.2. The van der Waals surface area contributed by atoms with E-state index in [2.05, 4.69) is 41.9 Å².